The highest BCUT2D eigenvalue weighted by Gasteiger charge is 2.17. The molecule has 0 saturated carbocycles. The summed E-state index contributed by atoms with van der Waals surface area (Å²) < 4.78 is 5.13. The van der Waals surface area contributed by atoms with Gasteiger partial charge in [-0.1, -0.05) is 47.5 Å². The van der Waals surface area contributed by atoms with Gasteiger partial charge in [0.05, 0.1) is 0 Å². The summed E-state index contributed by atoms with van der Waals surface area (Å²) in [5, 5.41) is 3.23. The Labute approximate surface area is 152 Å². The van der Waals surface area contributed by atoms with Crippen LogP contribution in [-0.2, 0) is 14.3 Å². The van der Waals surface area contributed by atoms with Gasteiger partial charge in [0.25, 0.3) is 5.91 Å². The average molecular weight is 358 g/mol. The van der Waals surface area contributed by atoms with Gasteiger partial charge in [-0.25, -0.2) is 4.79 Å². The highest BCUT2D eigenvalue weighted by Crippen LogP contribution is 2.20. The van der Waals surface area contributed by atoms with E-state index in [4.69, 9.17) is 16.3 Å². The number of ether oxygens (including phenoxy) is 1. The molecule has 0 spiro atoms. The van der Waals surface area contributed by atoms with Gasteiger partial charge in [0.2, 0.25) is 0 Å². The normalized spacial score (nSPS) is 12.0. The number of hydrogen-bond acceptors (Lipinski definition) is 3. The van der Waals surface area contributed by atoms with Crippen molar-refractivity contribution in [2.45, 2.75) is 26.9 Å². The van der Waals surface area contributed by atoms with Gasteiger partial charge in [-0.15, -0.1) is 0 Å². The van der Waals surface area contributed by atoms with Crippen molar-refractivity contribution in [2.75, 3.05) is 5.32 Å². The van der Waals surface area contributed by atoms with Crippen LogP contribution in [0.15, 0.2) is 48.5 Å². The second kappa shape index (κ2) is 8.49. The molecule has 2 aromatic rings. The van der Waals surface area contributed by atoms with Crippen LogP contribution < -0.4 is 5.32 Å². The third kappa shape index (κ3) is 5.76. The molecule has 25 heavy (non-hydrogen) atoms. The molecule has 0 unspecified atom stereocenters. The summed E-state index contributed by atoms with van der Waals surface area (Å²) in [6.45, 7) is 5.36. The van der Waals surface area contributed by atoms with Gasteiger partial charge in [-0.05, 0) is 50.1 Å². The highest BCUT2D eigenvalue weighted by atomic mass is 35.5. The van der Waals surface area contributed by atoms with Gasteiger partial charge in [0.1, 0.15) is 0 Å². The molecule has 0 aromatic heterocycles. The van der Waals surface area contributed by atoms with Gasteiger partial charge < -0.3 is 10.1 Å². The molecule has 0 heterocycles. The quantitative estimate of drug-likeness (QED) is 0.631. The zero-order valence-corrected chi connectivity index (χ0v) is 15.1. The van der Waals surface area contributed by atoms with Gasteiger partial charge in [0.15, 0.2) is 6.10 Å². The zero-order chi connectivity index (χ0) is 18.4. The number of esters is 1. The number of amides is 1. The van der Waals surface area contributed by atoms with E-state index < -0.39 is 18.0 Å². The Bertz CT molecular complexity index is 797. The number of aryl methyl sites for hydroxylation is 2. The Morgan fingerprint density at radius 3 is 2.48 bits per heavy atom. The van der Waals surface area contributed by atoms with E-state index in [0.29, 0.717) is 10.7 Å². The minimum atomic E-state index is -0.923. The molecular weight excluding hydrogens is 338 g/mol. The van der Waals surface area contributed by atoms with Crippen molar-refractivity contribution in [3.05, 3.63) is 70.3 Å². The lowest BCUT2D eigenvalue weighted by molar-refractivity contribution is -0.148. The Kier molecular flexibility index (Phi) is 6.37. The number of hydrogen-bond donors (Lipinski definition) is 1. The smallest absolute Gasteiger partial charge is 0.331 e. The molecule has 0 aliphatic rings. The minimum Gasteiger partial charge on any atom is -0.449 e. The molecular formula is C20H20ClNO3. The summed E-state index contributed by atoms with van der Waals surface area (Å²) in [5.41, 5.74) is 3.49. The summed E-state index contributed by atoms with van der Waals surface area (Å²) in [5.74, 6) is -0.992. The highest BCUT2D eigenvalue weighted by molar-refractivity contribution is 6.31. The fourth-order valence-corrected chi connectivity index (χ4v) is 2.24. The average Bonchev–Trinajstić information content (AvgIpc) is 2.57. The lowest BCUT2D eigenvalue weighted by atomic mass is 10.1. The topological polar surface area (TPSA) is 55.4 Å². The first-order valence-electron chi connectivity index (χ1n) is 7.87. The van der Waals surface area contributed by atoms with Gasteiger partial charge in [-0.2, -0.15) is 0 Å². The Balaban J connectivity index is 1.92. The molecule has 0 saturated heterocycles. The van der Waals surface area contributed by atoms with Gasteiger partial charge >= 0.3 is 5.97 Å². The largest absolute Gasteiger partial charge is 0.449 e. The van der Waals surface area contributed by atoms with E-state index in [-0.39, 0.29) is 0 Å². The van der Waals surface area contributed by atoms with Crippen molar-refractivity contribution in [1.29, 1.82) is 0 Å². The molecule has 1 atom stereocenters. The maximum absolute atomic E-state index is 12.2. The number of nitrogens with one attached hydrogen (secondary N) is 1. The zero-order valence-electron chi connectivity index (χ0n) is 14.4. The maximum Gasteiger partial charge on any atom is 0.331 e. The van der Waals surface area contributed by atoms with Crippen molar-refractivity contribution < 1.29 is 14.3 Å². The molecule has 130 valence electrons. The Morgan fingerprint density at radius 2 is 1.80 bits per heavy atom. The SMILES string of the molecule is Cc1ccc(/C=C/C(=O)O[C@H](C)C(=O)Nc2cc(Cl)ccc2C)cc1. The van der Waals surface area contributed by atoms with Crippen LogP contribution >= 0.6 is 11.6 Å². The molecule has 2 aromatic carbocycles. The number of rotatable bonds is 5. The molecule has 0 bridgehead atoms. The van der Waals surface area contributed by atoms with Crippen molar-refractivity contribution in [3.8, 4) is 0 Å². The molecule has 0 aliphatic carbocycles. The summed E-state index contributed by atoms with van der Waals surface area (Å²) in [4.78, 5) is 24.0. The fourth-order valence-electron chi connectivity index (χ4n) is 2.07. The van der Waals surface area contributed by atoms with Crippen LogP contribution in [0.3, 0.4) is 0 Å². The Hall–Kier alpha value is -2.59. The predicted octanol–water partition coefficient (Wildman–Crippen LogP) is 4.54. The van der Waals surface area contributed by atoms with E-state index in [2.05, 4.69) is 5.32 Å². The molecule has 4 nitrogen and oxygen atoms in total. The molecule has 1 N–H and O–H groups in total. The van der Waals surface area contributed by atoms with Crippen LogP contribution in [0.2, 0.25) is 5.02 Å². The van der Waals surface area contributed by atoms with Crippen LogP contribution in [0.4, 0.5) is 5.69 Å². The predicted molar refractivity (Wildman–Crippen MR) is 101 cm³/mol. The van der Waals surface area contributed by atoms with E-state index in [1.807, 2.05) is 38.1 Å². The Morgan fingerprint density at radius 1 is 1.12 bits per heavy atom. The van der Waals surface area contributed by atoms with Crippen molar-refractivity contribution in [3.63, 3.8) is 0 Å². The fraction of sp³-hybridized carbons (Fsp3) is 0.200. The first-order valence-corrected chi connectivity index (χ1v) is 8.25. The van der Waals surface area contributed by atoms with Gasteiger partial charge in [-0.3, -0.25) is 4.79 Å². The van der Waals surface area contributed by atoms with Crippen LogP contribution in [0, 0.1) is 13.8 Å². The van der Waals surface area contributed by atoms with Crippen LogP contribution in [0.1, 0.15) is 23.6 Å². The first-order chi connectivity index (χ1) is 11.8. The minimum absolute atomic E-state index is 0.414. The van der Waals surface area contributed by atoms with Gasteiger partial charge in [0, 0.05) is 16.8 Å². The number of carbonyl (C=O) groups excluding carboxylic acids is 2. The van der Waals surface area contributed by atoms with Crippen LogP contribution in [0.5, 0.6) is 0 Å². The first kappa shape index (κ1) is 18.7. The van der Waals surface area contributed by atoms with Crippen molar-refractivity contribution >= 4 is 35.2 Å². The van der Waals surface area contributed by atoms with Crippen LogP contribution in [-0.4, -0.2) is 18.0 Å². The summed E-state index contributed by atoms with van der Waals surface area (Å²) in [6.07, 6.45) is 2.03. The second-order valence-electron chi connectivity index (χ2n) is 5.77. The summed E-state index contributed by atoms with van der Waals surface area (Å²) in [7, 11) is 0. The number of halogens is 1. The molecule has 0 aliphatic heterocycles. The third-order valence-electron chi connectivity index (χ3n) is 3.61. The molecule has 0 fully saturated rings. The van der Waals surface area contributed by atoms with Crippen molar-refractivity contribution in [2.24, 2.45) is 0 Å². The van der Waals surface area contributed by atoms with E-state index in [1.165, 1.54) is 13.0 Å². The number of carbonyl (C=O) groups is 2. The molecule has 2 rings (SSSR count). The third-order valence-corrected chi connectivity index (χ3v) is 3.84. The molecule has 0 radical (unpaired) electrons. The monoisotopic (exact) mass is 357 g/mol. The second-order valence-corrected chi connectivity index (χ2v) is 6.21. The van der Waals surface area contributed by atoms with Crippen LogP contribution in [0.25, 0.3) is 6.08 Å². The lowest BCUT2D eigenvalue weighted by Gasteiger charge is -2.14. The number of benzene rings is 2. The number of anilines is 1. The molecule has 1 amide bonds. The summed E-state index contributed by atoms with van der Waals surface area (Å²) >= 11 is 5.93. The lowest BCUT2D eigenvalue weighted by Crippen LogP contribution is -2.29. The van der Waals surface area contributed by atoms with E-state index >= 15 is 0 Å². The standard InChI is InChI=1S/C20H20ClNO3/c1-13-4-7-16(8-5-13)9-11-19(23)25-15(3)20(24)22-18-12-17(21)10-6-14(18)2/h4-12,15H,1-3H3,(H,22,24)/b11-9+/t15-/m1/s1. The van der Waals surface area contributed by atoms with E-state index in [1.54, 1.807) is 24.3 Å². The maximum atomic E-state index is 12.2. The van der Waals surface area contributed by atoms with Crippen molar-refractivity contribution in [1.82, 2.24) is 0 Å². The van der Waals surface area contributed by atoms with E-state index in [0.717, 1.165) is 16.7 Å². The van der Waals surface area contributed by atoms with E-state index in [9.17, 15) is 9.59 Å². The molecule has 5 heteroatoms. The summed E-state index contributed by atoms with van der Waals surface area (Å²) in [6, 6.07) is 12.9.